The van der Waals surface area contributed by atoms with Gasteiger partial charge in [-0.05, 0) is 0 Å². The van der Waals surface area contributed by atoms with Crippen LogP contribution in [-0.4, -0.2) is 29.7 Å². The third-order valence-electron chi connectivity index (χ3n) is 2.99. The van der Waals surface area contributed by atoms with E-state index in [2.05, 4.69) is 25.1 Å². The first-order valence-corrected chi connectivity index (χ1v) is 6.57. The molecular formula is C13H16N6O. The molecule has 0 amide bonds. The first-order chi connectivity index (χ1) is 9.74. The van der Waals surface area contributed by atoms with Crippen molar-refractivity contribution in [3.63, 3.8) is 0 Å². The molecule has 0 atom stereocenters. The molecule has 104 valence electrons. The maximum Gasteiger partial charge on any atom is 0.228 e. The Morgan fingerprint density at radius 3 is 2.90 bits per heavy atom. The highest BCUT2D eigenvalue weighted by Crippen LogP contribution is 2.14. The van der Waals surface area contributed by atoms with Crippen LogP contribution in [0.2, 0.25) is 0 Å². The molecule has 0 unspecified atom stereocenters. The van der Waals surface area contributed by atoms with Crippen LogP contribution in [0.5, 0.6) is 0 Å². The number of nitrogens with zero attached hydrogens (tertiary/aromatic N) is 5. The molecule has 3 aromatic rings. The summed E-state index contributed by atoms with van der Waals surface area (Å²) in [4.78, 5) is 15.9. The van der Waals surface area contributed by atoms with E-state index in [1.807, 2.05) is 24.6 Å². The van der Waals surface area contributed by atoms with E-state index in [1.54, 1.807) is 18.6 Å². The minimum absolute atomic E-state index is 0.277. The van der Waals surface area contributed by atoms with Crippen LogP contribution in [0.4, 0.5) is 0 Å². The monoisotopic (exact) mass is 272 g/mol. The van der Waals surface area contributed by atoms with Gasteiger partial charge in [0.25, 0.3) is 0 Å². The molecule has 3 aromatic heterocycles. The van der Waals surface area contributed by atoms with Crippen molar-refractivity contribution < 1.29 is 4.52 Å². The first kappa shape index (κ1) is 12.6. The predicted octanol–water partition coefficient (Wildman–Crippen LogP) is 2.02. The molecule has 0 aliphatic carbocycles. The summed E-state index contributed by atoms with van der Waals surface area (Å²) in [6, 6.07) is 0. The van der Waals surface area contributed by atoms with E-state index in [-0.39, 0.29) is 5.92 Å². The molecule has 7 nitrogen and oxygen atoms in total. The van der Waals surface area contributed by atoms with Gasteiger partial charge in [0, 0.05) is 43.7 Å². The summed E-state index contributed by atoms with van der Waals surface area (Å²) in [6.45, 7) is 4.80. The summed E-state index contributed by atoms with van der Waals surface area (Å²) in [5, 5.41) is 3.96. The van der Waals surface area contributed by atoms with Crippen molar-refractivity contribution in [1.82, 2.24) is 29.7 Å². The fraction of sp³-hybridized carbons (Fsp3) is 0.385. The second-order valence-corrected chi connectivity index (χ2v) is 4.83. The van der Waals surface area contributed by atoms with Crippen molar-refractivity contribution in [2.75, 3.05) is 0 Å². The number of hydrogen-bond donors (Lipinski definition) is 1. The number of hydrogen-bond acceptors (Lipinski definition) is 5. The first-order valence-electron chi connectivity index (χ1n) is 6.57. The maximum atomic E-state index is 5.24. The topological polar surface area (TPSA) is 85.4 Å². The third kappa shape index (κ3) is 2.47. The molecule has 7 heteroatoms. The van der Waals surface area contributed by atoms with E-state index >= 15 is 0 Å². The molecule has 20 heavy (non-hydrogen) atoms. The Hall–Kier alpha value is -2.44. The maximum absolute atomic E-state index is 5.24. The highest BCUT2D eigenvalue weighted by atomic mass is 16.5. The molecule has 0 fully saturated rings. The van der Waals surface area contributed by atoms with Gasteiger partial charge in [0.1, 0.15) is 0 Å². The van der Waals surface area contributed by atoms with E-state index in [9.17, 15) is 0 Å². The smallest absolute Gasteiger partial charge is 0.228 e. The number of aromatic amines is 1. The van der Waals surface area contributed by atoms with Crippen LogP contribution in [0, 0.1) is 0 Å². The quantitative estimate of drug-likeness (QED) is 0.768. The summed E-state index contributed by atoms with van der Waals surface area (Å²) in [6.07, 6.45) is 7.83. The number of aromatic nitrogens is 6. The fourth-order valence-electron chi connectivity index (χ4n) is 1.91. The zero-order chi connectivity index (χ0) is 13.9. The largest absolute Gasteiger partial charge is 0.342 e. The Morgan fingerprint density at radius 2 is 2.20 bits per heavy atom. The number of aryl methyl sites for hydroxylation is 2. The van der Waals surface area contributed by atoms with Crippen LogP contribution in [0.15, 0.2) is 29.3 Å². The van der Waals surface area contributed by atoms with E-state index in [4.69, 9.17) is 4.52 Å². The SMILES string of the molecule is CC(C)c1noc(CCn2ccnc2-c2ncc[nH]2)n1. The van der Waals surface area contributed by atoms with Crippen molar-refractivity contribution in [3.05, 3.63) is 36.5 Å². The van der Waals surface area contributed by atoms with E-state index in [0.717, 1.165) is 24.0 Å². The second-order valence-electron chi connectivity index (χ2n) is 4.83. The standard InChI is InChI=1S/C13H16N6O/c1-9(2)11-17-10(20-18-11)3-7-19-8-6-16-13(19)12-14-4-5-15-12/h4-6,8-9H,3,7H2,1-2H3,(H,14,15). The number of imidazole rings is 2. The molecule has 3 rings (SSSR count). The fourth-order valence-corrected chi connectivity index (χ4v) is 1.91. The minimum atomic E-state index is 0.277. The lowest BCUT2D eigenvalue weighted by Gasteiger charge is -2.03. The van der Waals surface area contributed by atoms with Gasteiger partial charge < -0.3 is 14.1 Å². The van der Waals surface area contributed by atoms with Gasteiger partial charge in [-0.2, -0.15) is 4.98 Å². The summed E-state index contributed by atoms with van der Waals surface area (Å²) in [5.41, 5.74) is 0. The Labute approximate surface area is 116 Å². The predicted molar refractivity (Wildman–Crippen MR) is 71.9 cm³/mol. The molecule has 0 aliphatic heterocycles. The number of H-pyrrole nitrogens is 1. The van der Waals surface area contributed by atoms with Gasteiger partial charge >= 0.3 is 0 Å². The molecule has 3 heterocycles. The second kappa shape index (κ2) is 5.28. The Balaban J connectivity index is 1.71. The van der Waals surface area contributed by atoms with Crippen LogP contribution in [-0.2, 0) is 13.0 Å². The summed E-state index contributed by atoms with van der Waals surface area (Å²) >= 11 is 0. The van der Waals surface area contributed by atoms with Crippen molar-refractivity contribution >= 4 is 0 Å². The highest BCUT2D eigenvalue weighted by molar-refractivity contribution is 5.43. The zero-order valence-corrected chi connectivity index (χ0v) is 11.4. The van der Waals surface area contributed by atoms with Crippen LogP contribution in [0.3, 0.4) is 0 Å². The molecular weight excluding hydrogens is 256 g/mol. The van der Waals surface area contributed by atoms with Gasteiger partial charge in [0.15, 0.2) is 17.5 Å². The van der Waals surface area contributed by atoms with Gasteiger partial charge in [0.2, 0.25) is 5.89 Å². The summed E-state index contributed by atoms with van der Waals surface area (Å²) in [5.74, 6) is 3.23. The van der Waals surface area contributed by atoms with Crippen LogP contribution in [0.25, 0.3) is 11.6 Å². The molecule has 0 aliphatic rings. The number of nitrogens with one attached hydrogen (secondary N) is 1. The van der Waals surface area contributed by atoms with Crippen molar-refractivity contribution in [2.24, 2.45) is 0 Å². The summed E-state index contributed by atoms with van der Waals surface area (Å²) < 4.78 is 7.25. The van der Waals surface area contributed by atoms with Gasteiger partial charge in [0.05, 0.1) is 0 Å². The molecule has 1 N–H and O–H groups in total. The molecule has 0 saturated carbocycles. The lowest BCUT2D eigenvalue weighted by Crippen LogP contribution is -2.03. The van der Waals surface area contributed by atoms with Gasteiger partial charge in [-0.1, -0.05) is 19.0 Å². The van der Waals surface area contributed by atoms with Crippen LogP contribution in [0.1, 0.15) is 31.5 Å². The van der Waals surface area contributed by atoms with Crippen molar-refractivity contribution in [2.45, 2.75) is 32.7 Å². The van der Waals surface area contributed by atoms with E-state index < -0.39 is 0 Å². The summed E-state index contributed by atoms with van der Waals surface area (Å²) in [7, 11) is 0. The third-order valence-corrected chi connectivity index (χ3v) is 2.99. The van der Waals surface area contributed by atoms with Crippen molar-refractivity contribution in [3.8, 4) is 11.6 Å². The Kier molecular flexibility index (Phi) is 3.32. The molecule has 0 aromatic carbocycles. The zero-order valence-electron chi connectivity index (χ0n) is 11.4. The highest BCUT2D eigenvalue weighted by Gasteiger charge is 2.12. The van der Waals surface area contributed by atoms with Gasteiger partial charge in [-0.3, -0.25) is 0 Å². The molecule has 0 bridgehead atoms. The van der Waals surface area contributed by atoms with Gasteiger partial charge in [-0.15, -0.1) is 0 Å². The lowest BCUT2D eigenvalue weighted by atomic mass is 10.2. The average molecular weight is 272 g/mol. The van der Waals surface area contributed by atoms with Crippen molar-refractivity contribution in [1.29, 1.82) is 0 Å². The minimum Gasteiger partial charge on any atom is -0.342 e. The van der Waals surface area contributed by atoms with Crippen LogP contribution >= 0.6 is 0 Å². The van der Waals surface area contributed by atoms with E-state index in [1.165, 1.54) is 0 Å². The van der Waals surface area contributed by atoms with Crippen LogP contribution < -0.4 is 0 Å². The van der Waals surface area contributed by atoms with E-state index in [0.29, 0.717) is 12.3 Å². The molecule has 0 saturated heterocycles. The number of rotatable bonds is 5. The lowest BCUT2D eigenvalue weighted by molar-refractivity contribution is 0.365. The average Bonchev–Trinajstić information content (AvgIpc) is 3.17. The molecule has 0 spiro atoms. The Bertz CT molecular complexity index is 667. The Morgan fingerprint density at radius 1 is 1.30 bits per heavy atom. The normalized spacial score (nSPS) is 11.3. The molecule has 0 radical (unpaired) electrons. The van der Waals surface area contributed by atoms with Gasteiger partial charge in [-0.25, -0.2) is 9.97 Å².